The Morgan fingerprint density at radius 3 is 1.67 bits per heavy atom. The van der Waals surface area contributed by atoms with Crippen LogP contribution in [0.3, 0.4) is 0 Å². The maximum absolute atomic E-state index is 6.71. The predicted molar refractivity (Wildman–Crippen MR) is 252 cm³/mol. The molecule has 0 aliphatic rings. The summed E-state index contributed by atoms with van der Waals surface area (Å²) >= 11 is 0. The van der Waals surface area contributed by atoms with Crippen LogP contribution < -0.4 is 9.80 Å². The Bertz CT molecular complexity index is 3550. The first kappa shape index (κ1) is 34.0. The fourth-order valence-corrected chi connectivity index (χ4v) is 9.32. The second kappa shape index (κ2) is 13.8. The van der Waals surface area contributed by atoms with E-state index in [1.54, 1.807) is 0 Å². The summed E-state index contributed by atoms with van der Waals surface area (Å²) in [7, 11) is 0. The van der Waals surface area contributed by atoms with Crippen LogP contribution in [0.15, 0.2) is 229 Å². The van der Waals surface area contributed by atoms with Gasteiger partial charge in [-0.1, -0.05) is 140 Å². The Morgan fingerprint density at radius 1 is 0.317 bits per heavy atom. The lowest BCUT2D eigenvalue weighted by atomic mass is 9.95. The van der Waals surface area contributed by atoms with E-state index >= 15 is 0 Å². The van der Waals surface area contributed by atoms with Gasteiger partial charge in [0.2, 0.25) is 0 Å². The number of benzene rings is 10. The van der Waals surface area contributed by atoms with Crippen LogP contribution in [-0.2, 0) is 0 Å². The van der Waals surface area contributed by atoms with Crippen molar-refractivity contribution in [3.63, 3.8) is 0 Å². The second-order valence-corrected chi connectivity index (χ2v) is 15.3. The molecule has 0 unspecified atom stereocenters. The zero-order valence-corrected chi connectivity index (χ0v) is 32.6. The van der Waals surface area contributed by atoms with Crippen molar-refractivity contribution in [1.82, 2.24) is 4.57 Å². The van der Waals surface area contributed by atoms with Gasteiger partial charge in [-0.15, -0.1) is 0 Å². The predicted octanol–water partition coefficient (Wildman–Crippen LogP) is 15.9. The van der Waals surface area contributed by atoms with Crippen LogP contribution in [0.5, 0.6) is 0 Å². The van der Waals surface area contributed by atoms with Crippen LogP contribution in [0.4, 0.5) is 34.1 Å². The molecule has 0 fully saturated rings. The number of hydrogen-bond donors (Lipinski definition) is 0. The molecule has 10 aromatic carbocycles. The smallest absolute Gasteiger partial charge is 0.138 e. The lowest BCUT2D eigenvalue weighted by Crippen LogP contribution is -2.13. The fraction of sp³-hybridized carbons (Fsp3) is 0. The van der Waals surface area contributed by atoms with E-state index in [4.69, 9.17) is 4.42 Å². The Balaban J connectivity index is 1.10. The molecule has 0 atom stereocenters. The maximum Gasteiger partial charge on any atom is 0.138 e. The largest absolute Gasteiger partial charge is 0.456 e. The molecule has 0 saturated heterocycles. The molecular formula is C56H37N3O. The highest BCUT2D eigenvalue weighted by atomic mass is 16.3. The van der Waals surface area contributed by atoms with E-state index in [1.165, 1.54) is 32.4 Å². The third-order valence-corrected chi connectivity index (χ3v) is 11.9. The van der Waals surface area contributed by atoms with Gasteiger partial charge in [-0.2, -0.15) is 0 Å². The molecule has 0 amide bonds. The van der Waals surface area contributed by atoms with E-state index in [2.05, 4.69) is 233 Å². The van der Waals surface area contributed by atoms with Crippen molar-refractivity contribution >= 4 is 99.4 Å². The maximum atomic E-state index is 6.71. The molecule has 0 radical (unpaired) electrons. The van der Waals surface area contributed by atoms with Crippen molar-refractivity contribution < 1.29 is 4.42 Å². The first-order valence-corrected chi connectivity index (χ1v) is 20.4. The summed E-state index contributed by atoms with van der Waals surface area (Å²) in [5.41, 5.74) is 11.5. The molecule has 0 N–H and O–H groups in total. The van der Waals surface area contributed by atoms with Crippen LogP contribution in [-0.4, -0.2) is 4.57 Å². The average Bonchev–Trinajstić information content (AvgIpc) is 3.85. The van der Waals surface area contributed by atoms with Gasteiger partial charge in [0, 0.05) is 72.5 Å². The zero-order chi connectivity index (χ0) is 39.6. The third kappa shape index (κ3) is 5.39. The van der Waals surface area contributed by atoms with Gasteiger partial charge in [0.25, 0.3) is 0 Å². The normalized spacial score (nSPS) is 11.7. The molecular weight excluding hydrogens is 731 g/mol. The Kier molecular flexibility index (Phi) is 7.82. The number of anilines is 6. The van der Waals surface area contributed by atoms with Gasteiger partial charge < -0.3 is 18.8 Å². The van der Waals surface area contributed by atoms with Gasteiger partial charge in [-0.3, -0.25) is 0 Å². The van der Waals surface area contributed by atoms with Gasteiger partial charge in [0.05, 0.1) is 16.7 Å². The quantitative estimate of drug-likeness (QED) is 0.151. The molecule has 12 rings (SSSR count). The molecule has 0 spiro atoms. The van der Waals surface area contributed by atoms with Crippen molar-refractivity contribution in [3.05, 3.63) is 224 Å². The van der Waals surface area contributed by atoms with Gasteiger partial charge in [0.1, 0.15) is 11.2 Å². The molecule has 4 nitrogen and oxygen atoms in total. The van der Waals surface area contributed by atoms with E-state index in [-0.39, 0.29) is 0 Å². The molecule has 282 valence electrons. The summed E-state index contributed by atoms with van der Waals surface area (Å²) in [6.45, 7) is 0. The Labute approximate surface area is 347 Å². The van der Waals surface area contributed by atoms with Gasteiger partial charge >= 0.3 is 0 Å². The SMILES string of the molecule is c1ccc(N(c2cccc(N(c3ccccc3)c3cc4oc5ccccc5c4c4c3ccc3ccccc34)c2)c2ccc3c4ccccc4n(-c4ccccc4)c3c2)cc1. The molecule has 60 heavy (non-hydrogen) atoms. The minimum atomic E-state index is 0.861. The van der Waals surface area contributed by atoms with E-state index in [9.17, 15) is 0 Å². The van der Waals surface area contributed by atoms with Crippen molar-refractivity contribution in [3.8, 4) is 5.69 Å². The topological polar surface area (TPSA) is 24.6 Å². The average molecular weight is 768 g/mol. The molecule has 2 aromatic heterocycles. The van der Waals surface area contributed by atoms with Gasteiger partial charge in [-0.05, 0) is 89.6 Å². The lowest BCUT2D eigenvalue weighted by molar-refractivity contribution is 0.669. The zero-order valence-electron chi connectivity index (χ0n) is 32.6. The summed E-state index contributed by atoms with van der Waals surface area (Å²) in [5, 5.41) is 9.46. The van der Waals surface area contributed by atoms with Gasteiger partial charge in [0.15, 0.2) is 0 Å². The van der Waals surface area contributed by atoms with E-state index in [0.717, 1.165) is 72.7 Å². The number of rotatable bonds is 7. The number of fused-ring (bicyclic) bond motifs is 10. The number of para-hydroxylation sites is 5. The summed E-state index contributed by atoms with van der Waals surface area (Å²) < 4.78 is 9.09. The van der Waals surface area contributed by atoms with E-state index in [0.29, 0.717) is 0 Å². The van der Waals surface area contributed by atoms with Crippen molar-refractivity contribution in [2.45, 2.75) is 0 Å². The highest BCUT2D eigenvalue weighted by Crippen LogP contribution is 2.48. The highest BCUT2D eigenvalue weighted by Gasteiger charge is 2.23. The van der Waals surface area contributed by atoms with E-state index in [1.807, 2.05) is 6.07 Å². The number of nitrogens with zero attached hydrogens (tertiary/aromatic N) is 3. The van der Waals surface area contributed by atoms with E-state index < -0.39 is 0 Å². The minimum absolute atomic E-state index is 0.861. The van der Waals surface area contributed by atoms with Crippen LogP contribution >= 0.6 is 0 Å². The molecule has 0 bridgehead atoms. The van der Waals surface area contributed by atoms with Crippen LogP contribution in [0.25, 0.3) is 71.0 Å². The monoisotopic (exact) mass is 767 g/mol. The molecule has 2 heterocycles. The number of furan rings is 1. The third-order valence-electron chi connectivity index (χ3n) is 11.9. The lowest BCUT2D eigenvalue weighted by Gasteiger charge is -2.30. The standard InChI is InChI=1S/C56H37N3O/c1-4-18-39(19-5-1)57(44-32-34-47-46-27-12-14-29-50(46)59(51(47)36-44)41-22-8-3-9-23-41)42-24-16-25-43(35-42)58(40-20-6-2-7-21-40)52-37-54-56(49-28-13-15-30-53(49)60-54)55-45-26-11-10-17-38(45)31-33-48(52)55/h1-37H. The summed E-state index contributed by atoms with van der Waals surface area (Å²) in [5.74, 6) is 0. The summed E-state index contributed by atoms with van der Waals surface area (Å²) in [4.78, 5) is 4.75. The highest BCUT2D eigenvalue weighted by molar-refractivity contribution is 6.29. The fourth-order valence-electron chi connectivity index (χ4n) is 9.32. The number of hydrogen-bond acceptors (Lipinski definition) is 3. The van der Waals surface area contributed by atoms with Gasteiger partial charge in [-0.25, -0.2) is 0 Å². The van der Waals surface area contributed by atoms with Crippen molar-refractivity contribution in [2.75, 3.05) is 9.80 Å². The molecule has 4 heteroatoms. The summed E-state index contributed by atoms with van der Waals surface area (Å²) in [6, 6.07) is 80.3. The summed E-state index contributed by atoms with van der Waals surface area (Å²) in [6.07, 6.45) is 0. The number of aromatic nitrogens is 1. The van der Waals surface area contributed by atoms with Crippen molar-refractivity contribution in [1.29, 1.82) is 0 Å². The second-order valence-electron chi connectivity index (χ2n) is 15.3. The molecule has 0 saturated carbocycles. The minimum Gasteiger partial charge on any atom is -0.456 e. The van der Waals surface area contributed by atoms with Crippen LogP contribution in [0, 0.1) is 0 Å². The first-order valence-electron chi connectivity index (χ1n) is 20.4. The Morgan fingerprint density at radius 2 is 0.883 bits per heavy atom. The molecule has 0 aliphatic heterocycles. The Hall–Kier alpha value is -8.08. The van der Waals surface area contributed by atoms with Crippen LogP contribution in [0.2, 0.25) is 0 Å². The van der Waals surface area contributed by atoms with Crippen molar-refractivity contribution in [2.24, 2.45) is 0 Å². The molecule has 0 aliphatic carbocycles. The first-order chi connectivity index (χ1) is 29.8. The molecule has 12 aromatic rings. The van der Waals surface area contributed by atoms with Crippen LogP contribution in [0.1, 0.15) is 0 Å².